The van der Waals surface area contributed by atoms with Crippen LogP contribution in [0, 0.1) is 0 Å². The van der Waals surface area contributed by atoms with E-state index in [9.17, 15) is 4.79 Å². The molecule has 0 bridgehead atoms. The molecule has 4 atom stereocenters. The number of fused-ring (bicyclic) bond motifs is 1. The van der Waals surface area contributed by atoms with E-state index in [2.05, 4.69) is 0 Å². The van der Waals surface area contributed by atoms with Crippen LogP contribution < -0.4 is 0 Å². The summed E-state index contributed by atoms with van der Waals surface area (Å²) in [4.78, 5) is 11.2. The number of hydrogen-bond acceptors (Lipinski definition) is 5. The summed E-state index contributed by atoms with van der Waals surface area (Å²) in [5.41, 5.74) is 0.932. The van der Waals surface area contributed by atoms with Crippen LogP contribution in [0.2, 0.25) is 0 Å². The number of ether oxygens (including phenoxy) is 4. The molecule has 0 amide bonds. The Morgan fingerprint density at radius 2 is 2.10 bits per heavy atom. The first-order valence-electron chi connectivity index (χ1n) is 6.55. The van der Waals surface area contributed by atoms with Crippen molar-refractivity contribution < 1.29 is 23.7 Å². The van der Waals surface area contributed by atoms with Crippen molar-refractivity contribution in [2.24, 2.45) is 0 Å². The summed E-state index contributed by atoms with van der Waals surface area (Å²) in [5, 5.41) is 0. The van der Waals surface area contributed by atoms with Gasteiger partial charge in [0.2, 0.25) is 0 Å². The molecule has 0 radical (unpaired) electrons. The maximum atomic E-state index is 11.2. The number of carbonyl (C=O) groups excluding carboxylic acids is 1. The molecule has 1 fully saturated rings. The minimum atomic E-state index is -0.467. The molecule has 0 aromatic heterocycles. The summed E-state index contributed by atoms with van der Waals surface area (Å²) in [6, 6.07) is 9.66. The van der Waals surface area contributed by atoms with E-state index >= 15 is 0 Å². The molecule has 2 aliphatic rings. The predicted octanol–water partition coefficient (Wildman–Crippen LogP) is 1.94. The van der Waals surface area contributed by atoms with Crippen LogP contribution in [0.25, 0.3) is 0 Å². The minimum absolute atomic E-state index is 0.260. The van der Waals surface area contributed by atoms with Crippen molar-refractivity contribution in [1.29, 1.82) is 0 Å². The molecule has 0 saturated carbocycles. The highest BCUT2D eigenvalue weighted by atomic mass is 16.7. The van der Waals surface area contributed by atoms with Gasteiger partial charge in [-0.05, 0) is 6.08 Å². The molecule has 20 heavy (non-hydrogen) atoms. The second kappa shape index (κ2) is 5.64. The Balaban J connectivity index is 1.76. The molecule has 0 unspecified atom stereocenters. The zero-order valence-electron chi connectivity index (χ0n) is 11.1. The third-order valence-electron chi connectivity index (χ3n) is 3.28. The Kier molecular flexibility index (Phi) is 3.71. The molecule has 0 aliphatic carbocycles. The van der Waals surface area contributed by atoms with Crippen LogP contribution in [-0.2, 0) is 23.7 Å². The van der Waals surface area contributed by atoms with Gasteiger partial charge in [0, 0.05) is 12.5 Å². The maximum absolute atomic E-state index is 11.2. The molecular formula is C15H16O5. The van der Waals surface area contributed by atoms with E-state index in [1.54, 1.807) is 6.08 Å². The highest BCUT2D eigenvalue weighted by molar-refractivity contribution is 5.66. The summed E-state index contributed by atoms with van der Waals surface area (Å²) in [6.07, 6.45) is 1.69. The fraction of sp³-hybridized carbons (Fsp3) is 0.400. The lowest BCUT2D eigenvalue weighted by Gasteiger charge is -2.40. The second-order valence-corrected chi connectivity index (χ2v) is 4.75. The van der Waals surface area contributed by atoms with Crippen molar-refractivity contribution in [2.75, 3.05) is 6.61 Å². The topological polar surface area (TPSA) is 54.0 Å². The molecule has 2 heterocycles. The third kappa shape index (κ3) is 2.69. The molecular weight excluding hydrogens is 260 g/mol. The Labute approximate surface area is 117 Å². The van der Waals surface area contributed by atoms with Crippen molar-refractivity contribution in [1.82, 2.24) is 0 Å². The van der Waals surface area contributed by atoms with Gasteiger partial charge in [-0.2, -0.15) is 0 Å². The second-order valence-electron chi connectivity index (χ2n) is 4.75. The van der Waals surface area contributed by atoms with Crippen LogP contribution in [0.4, 0.5) is 0 Å². The molecule has 0 N–H and O–H groups in total. The monoisotopic (exact) mass is 276 g/mol. The van der Waals surface area contributed by atoms with Crippen molar-refractivity contribution in [2.45, 2.75) is 31.5 Å². The molecule has 106 valence electrons. The van der Waals surface area contributed by atoms with E-state index in [0.29, 0.717) is 6.61 Å². The molecule has 5 nitrogen and oxygen atoms in total. The average molecular weight is 276 g/mol. The van der Waals surface area contributed by atoms with Gasteiger partial charge in [-0.15, -0.1) is 0 Å². The number of rotatable bonds is 2. The molecule has 0 spiro atoms. The summed E-state index contributed by atoms with van der Waals surface area (Å²) >= 11 is 0. The van der Waals surface area contributed by atoms with E-state index in [4.69, 9.17) is 18.9 Å². The maximum Gasteiger partial charge on any atom is 0.303 e. The quantitative estimate of drug-likeness (QED) is 0.773. The van der Waals surface area contributed by atoms with Crippen molar-refractivity contribution in [3.8, 4) is 0 Å². The number of hydrogen-bond donors (Lipinski definition) is 0. The summed E-state index contributed by atoms with van der Waals surface area (Å²) in [5.74, 6) is -0.341. The molecule has 3 rings (SSSR count). The smallest absolute Gasteiger partial charge is 0.303 e. The highest BCUT2D eigenvalue weighted by Gasteiger charge is 2.41. The predicted molar refractivity (Wildman–Crippen MR) is 69.6 cm³/mol. The molecule has 1 aromatic rings. The first kappa shape index (κ1) is 13.1. The van der Waals surface area contributed by atoms with E-state index in [1.807, 2.05) is 30.3 Å². The first-order chi connectivity index (χ1) is 9.74. The van der Waals surface area contributed by atoms with E-state index in [0.717, 1.165) is 5.56 Å². The van der Waals surface area contributed by atoms with Crippen LogP contribution in [-0.4, -0.2) is 30.9 Å². The Hall–Kier alpha value is -1.85. The van der Waals surface area contributed by atoms with Crippen LogP contribution in [0.3, 0.4) is 0 Å². The van der Waals surface area contributed by atoms with E-state index < -0.39 is 12.4 Å². The number of benzene rings is 1. The van der Waals surface area contributed by atoms with E-state index in [1.165, 1.54) is 13.2 Å². The van der Waals surface area contributed by atoms with Gasteiger partial charge in [0.05, 0.1) is 12.9 Å². The lowest BCUT2D eigenvalue weighted by Crippen LogP contribution is -2.50. The van der Waals surface area contributed by atoms with Gasteiger partial charge in [-0.3, -0.25) is 4.79 Å². The zero-order valence-corrected chi connectivity index (χ0v) is 11.1. The minimum Gasteiger partial charge on any atom is -0.493 e. The van der Waals surface area contributed by atoms with Gasteiger partial charge in [-0.25, -0.2) is 0 Å². The van der Waals surface area contributed by atoms with Gasteiger partial charge in [0.1, 0.15) is 6.10 Å². The SMILES string of the molecule is CC(=O)O[C@@H]1C=CO[C@@H]2CO[C@H](c3ccccc3)O[C@@H]12. The van der Waals surface area contributed by atoms with Crippen molar-refractivity contribution in [3.05, 3.63) is 48.2 Å². The third-order valence-corrected chi connectivity index (χ3v) is 3.28. The lowest BCUT2D eigenvalue weighted by molar-refractivity contribution is -0.278. The van der Waals surface area contributed by atoms with Gasteiger partial charge < -0.3 is 18.9 Å². The largest absolute Gasteiger partial charge is 0.493 e. The van der Waals surface area contributed by atoms with E-state index in [-0.39, 0.29) is 18.2 Å². The molecule has 1 aromatic carbocycles. The normalized spacial score (nSPS) is 32.0. The fourth-order valence-electron chi connectivity index (χ4n) is 2.37. The molecule has 2 aliphatic heterocycles. The average Bonchev–Trinajstić information content (AvgIpc) is 2.47. The van der Waals surface area contributed by atoms with Gasteiger partial charge in [-0.1, -0.05) is 30.3 Å². The summed E-state index contributed by atoms with van der Waals surface area (Å²) in [6.45, 7) is 1.78. The highest BCUT2D eigenvalue weighted by Crippen LogP contribution is 2.32. The summed E-state index contributed by atoms with van der Waals surface area (Å²) < 4.78 is 22.3. The Bertz CT molecular complexity index is 498. The van der Waals surface area contributed by atoms with Crippen LogP contribution >= 0.6 is 0 Å². The van der Waals surface area contributed by atoms with Crippen molar-refractivity contribution in [3.63, 3.8) is 0 Å². The summed E-state index contributed by atoms with van der Waals surface area (Å²) in [7, 11) is 0. The number of carbonyl (C=O) groups is 1. The van der Waals surface area contributed by atoms with Crippen LogP contribution in [0.1, 0.15) is 18.8 Å². The lowest BCUT2D eigenvalue weighted by atomic mass is 10.0. The van der Waals surface area contributed by atoms with Crippen LogP contribution in [0.15, 0.2) is 42.7 Å². The zero-order chi connectivity index (χ0) is 13.9. The Morgan fingerprint density at radius 1 is 1.30 bits per heavy atom. The first-order valence-corrected chi connectivity index (χ1v) is 6.55. The van der Waals surface area contributed by atoms with Crippen molar-refractivity contribution >= 4 is 5.97 Å². The van der Waals surface area contributed by atoms with Gasteiger partial charge in [0.25, 0.3) is 0 Å². The standard InChI is InChI=1S/C15H16O5/c1-10(16)19-12-7-8-17-13-9-18-15(20-14(12)13)11-5-3-2-4-6-11/h2-8,12-15H,9H2,1H3/t12-,13-,14+,15+/m1/s1. The Morgan fingerprint density at radius 3 is 2.85 bits per heavy atom. The fourth-order valence-corrected chi connectivity index (χ4v) is 2.37. The number of esters is 1. The molecule has 5 heteroatoms. The van der Waals surface area contributed by atoms with Gasteiger partial charge >= 0.3 is 5.97 Å². The van der Waals surface area contributed by atoms with Gasteiger partial charge in [0.15, 0.2) is 18.5 Å². The van der Waals surface area contributed by atoms with Crippen LogP contribution in [0.5, 0.6) is 0 Å². The molecule has 1 saturated heterocycles.